The summed E-state index contributed by atoms with van der Waals surface area (Å²) in [4.78, 5) is 12.4. The first kappa shape index (κ1) is 28.4. The topological polar surface area (TPSA) is 113 Å². The highest BCUT2D eigenvalue weighted by Crippen LogP contribution is 2.45. The highest BCUT2D eigenvalue weighted by atomic mass is 16.6. The fourth-order valence-corrected chi connectivity index (χ4v) is 4.35. The van der Waals surface area contributed by atoms with Crippen LogP contribution in [0.2, 0.25) is 0 Å². The maximum Gasteiger partial charge on any atom is 0.349 e. The van der Waals surface area contributed by atoms with Crippen LogP contribution in [0.3, 0.4) is 0 Å². The van der Waals surface area contributed by atoms with Gasteiger partial charge in [-0.25, -0.2) is 4.79 Å². The van der Waals surface area contributed by atoms with E-state index in [1.807, 2.05) is 42.5 Å². The van der Waals surface area contributed by atoms with Gasteiger partial charge >= 0.3 is 5.97 Å². The van der Waals surface area contributed by atoms with Gasteiger partial charge in [-0.1, -0.05) is 45.0 Å². The zero-order valence-electron chi connectivity index (χ0n) is 23.2. The Morgan fingerprint density at radius 1 is 1.02 bits per heavy atom. The molecule has 4 rings (SSSR count). The Balaban J connectivity index is 1.53. The normalized spacial score (nSPS) is 14.2. The molecular weight excluding hydrogens is 508 g/mol. The molecule has 8 heteroatoms. The van der Waals surface area contributed by atoms with Gasteiger partial charge in [-0.2, -0.15) is 5.26 Å². The van der Waals surface area contributed by atoms with E-state index in [0.717, 1.165) is 18.4 Å². The number of ether oxygens (including phenoxy) is 5. The van der Waals surface area contributed by atoms with Crippen molar-refractivity contribution in [3.63, 3.8) is 0 Å². The van der Waals surface area contributed by atoms with Crippen LogP contribution in [0, 0.1) is 17.2 Å². The van der Waals surface area contributed by atoms with Gasteiger partial charge in [-0.15, -0.1) is 0 Å². The summed E-state index contributed by atoms with van der Waals surface area (Å²) >= 11 is 0. The van der Waals surface area contributed by atoms with Crippen LogP contribution in [0.5, 0.6) is 28.7 Å². The number of rotatable bonds is 11. The summed E-state index contributed by atoms with van der Waals surface area (Å²) in [5, 5.41) is 9.92. The molecule has 1 aliphatic heterocycles. The molecule has 2 N–H and O–H groups in total. The van der Waals surface area contributed by atoms with Gasteiger partial charge < -0.3 is 29.4 Å². The summed E-state index contributed by atoms with van der Waals surface area (Å²) < 4.78 is 28.3. The molecule has 0 aliphatic carbocycles. The maximum absolute atomic E-state index is 12.4. The summed E-state index contributed by atoms with van der Waals surface area (Å²) in [6.45, 7) is 6.66. The Kier molecular flexibility index (Phi) is 9.18. The number of esters is 1. The Bertz CT molecular complexity index is 1420. The highest BCUT2D eigenvalue weighted by Gasteiger charge is 2.31. The molecule has 1 heterocycles. The lowest BCUT2D eigenvalue weighted by molar-refractivity contribution is -0.136. The van der Waals surface area contributed by atoms with Crippen molar-refractivity contribution < 1.29 is 28.5 Å². The van der Waals surface area contributed by atoms with Crippen molar-refractivity contribution in [1.29, 1.82) is 5.26 Å². The quantitative estimate of drug-likeness (QED) is 0.236. The van der Waals surface area contributed by atoms with Crippen LogP contribution < -0.4 is 29.4 Å². The van der Waals surface area contributed by atoms with Crippen LogP contribution in [0.25, 0.3) is 0 Å². The largest absolute Gasteiger partial charge is 0.493 e. The van der Waals surface area contributed by atoms with Crippen LogP contribution in [-0.2, 0) is 11.2 Å². The molecule has 1 atom stereocenters. The van der Waals surface area contributed by atoms with Gasteiger partial charge in [0.2, 0.25) is 5.88 Å². The molecule has 0 saturated carbocycles. The predicted octanol–water partition coefficient (Wildman–Crippen LogP) is 5.89. The number of methoxy groups -OCH3 is 1. The summed E-state index contributed by atoms with van der Waals surface area (Å²) in [7, 11) is 1.58. The number of allylic oxidation sites excluding steroid dienone is 1. The molecule has 3 aromatic rings. The summed E-state index contributed by atoms with van der Waals surface area (Å²) in [6, 6.07) is 20.3. The number of nitrogens with two attached hydrogens (primary N) is 1. The third kappa shape index (κ3) is 6.67. The van der Waals surface area contributed by atoms with Crippen LogP contribution in [0.4, 0.5) is 0 Å². The second kappa shape index (κ2) is 12.9. The molecule has 0 aromatic heterocycles. The van der Waals surface area contributed by atoms with Gasteiger partial charge in [0.15, 0.2) is 18.1 Å². The Morgan fingerprint density at radius 3 is 2.45 bits per heavy atom. The van der Waals surface area contributed by atoms with E-state index in [9.17, 15) is 10.1 Å². The molecule has 0 fully saturated rings. The van der Waals surface area contributed by atoms with E-state index in [1.165, 1.54) is 5.56 Å². The minimum absolute atomic E-state index is 0.0152. The second-order valence-corrected chi connectivity index (χ2v) is 9.83. The Morgan fingerprint density at radius 2 is 1.77 bits per heavy atom. The number of hydrogen-bond acceptors (Lipinski definition) is 8. The average molecular weight is 543 g/mol. The van der Waals surface area contributed by atoms with E-state index < -0.39 is 11.9 Å². The van der Waals surface area contributed by atoms with E-state index in [4.69, 9.17) is 29.4 Å². The van der Waals surface area contributed by atoms with Crippen LogP contribution in [-0.4, -0.2) is 26.3 Å². The number of hydrogen-bond donors (Lipinski definition) is 1. The predicted molar refractivity (Wildman–Crippen MR) is 151 cm³/mol. The zero-order valence-corrected chi connectivity index (χ0v) is 23.2. The van der Waals surface area contributed by atoms with Crippen molar-refractivity contribution in [2.24, 2.45) is 11.7 Å². The Hall–Kier alpha value is -4.64. The summed E-state index contributed by atoms with van der Waals surface area (Å²) in [6.07, 6.45) is 1.84. The number of carbonyl (C=O) groups excluding carboxylic acids is 1. The van der Waals surface area contributed by atoms with Crippen molar-refractivity contribution in [3.8, 4) is 34.8 Å². The molecule has 1 aliphatic rings. The van der Waals surface area contributed by atoms with Gasteiger partial charge in [0.25, 0.3) is 0 Å². The molecule has 0 bridgehead atoms. The van der Waals surface area contributed by atoms with E-state index in [1.54, 1.807) is 25.3 Å². The van der Waals surface area contributed by atoms with Gasteiger partial charge in [0, 0.05) is 11.6 Å². The van der Waals surface area contributed by atoms with Gasteiger partial charge in [-0.3, -0.25) is 0 Å². The van der Waals surface area contributed by atoms with Gasteiger partial charge in [0.05, 0.1) is 19.6 Å². The smallest absolute Gasteiger partial charge is 0.349 e. The first-order chi connectivity index (χ1) is 19.3. The van der Waals surface area contributed by atoms with E-state index in [0.29, 0.717) is 41.1 Å². The number of aryl methyl sites for hydroxylation is 1. The summed E-state index contributed by atoms with van der Waals surface area (Å²) in [5.74, 6) is 1.85. The Labute approximate surface area is 234 Å². The average Bonchev–Trinajstić information content (AvgIpc) is 2.95. The zero-order chi connectivity index (χ0) is 28.6. The van der Waals surface area contributed by atoms with Crippen LogP contribution in [0.1, 0.15) is 49.8 Å². The van der Waals surface area contributed by atoms with Crippen molar-refractivity contribution in [2.75, 3.05) is 20.3 Å². The van der Waals surface area contributed by atoms with Crippen molar-refractivity contribution >= 4 is 5.97 Å². The standard InChI is InChI=1S/C32H34N2O6/c1-5-21-6-9-23(10-7-21)38-19-30(35)39-24-11-12-25-28(17-24)40-32(34)26(18-33)31(25)22-8-13-27(29(16-22)36-4)37-15-14-20(2)3/h6-13,16-17,20,31H,5,14-15,19,34H2,1-4H3. The SMILES string of the molecule is CCc1ccc(OCC(=O)Oc2ccc3c(c2)OC(N)=C(C#N)C3c2ccc(OCCC(C)C)c(OC)c2)cc1. The minimum Gasteiger partial charge on any atom is -0.493 e. The number of carbonyl (C=O) groups is 1. The van der Waals surface area contributed by atoms with Crippen LogP contribution >= 0.6 is 0 Å². The van der Waals surface area contributed by atoms with E-state index >= 15 is 0 Å². The van der Waals surface area contributed by atoms with E-state index in [-0.39, 0.29) is 23.8 Å². The molecule has 0 spiro atoms. The molecule has 0 radical (unpaired) electrons. The molecule has 0 amide bonds. The van der Waals surface area contributed by atoms with Gasteiger partial charge in [0.1, 0.15) is 28.9 Å². The molecule has 3 aromatic carbocycles. The number of benzene rings is 3. The summed E-state index contributed by atoms with van der Waals surface area (Å²) in [5.41, 5.74) is 9.10. The molecule has 208 valence electrons. The van der Waals surface area contributed by atoms with Gasteiger partial charge in [-0.05, 0) is 60.2 Å². The fourth-order valence-electron chi connectivity index (χ4n) is 4.35. The number of fused-ring (bicyclic) bond motifs is 1. The highest BCUT2D eigenvalue weighted by molar-refractivity contribution is 5.74. The fraction of sp³-hybridized carbons (Fsp3) is 0.312. The molecular formula is C32H34N2O6. The first-order valence-electron chi connectivity index (χ1n) is 13.3. The third-order valence-electron chi connectivity index (χ3n) is 6.58. The molecule has 1 unspecified atom stereocenters. The van der Waals surface area contributed by atoms with E-state index in [2.05, 4.69) is 26.8 Å². The molecule has 40 heavy (non-hydrogen) atoms. The lowest BCUT2D eigenvalue weighted by Crippen LogP contribution is -2.22. The van der Waals surface area contributed by atoms with Crippen molar-refractivity contribution in [1.82, 2.24) is 0 Å². The monoisotopic (exact) mass is 542 g/mol. The third-order valence-corrected chi connectivity index (χ3v) is 6.58. The lowest BCUT2D eigenvalue weighted by atomic mass is 9.83. The van der Waals surface area contributed by atoms with Crippen molar-refractivity contribution in [3.05, 3.63) is 88.8 Å². The minimum atomic E-state index is -0.564. The molecule has 0 saturated heterocycles. The number of nitriles is 1. The lowest BCUT2D eigenvalue weighted by Gasteiger charge is -2.27. The second-order valence-electron chi connectivity index (χ2n) is 9.83. The van der Waals surface area contributed by atoms with Crippen molar-refractivity contribution in [2.45, 2.75) is 39.5 Å². The number of nitrogens with zero attached hydrogens (tertiary/aromatic N) is 1. The first-order valence-corrected chi connectivity index (χ1v) is 13.3. The molecule has 8 nitrogen and oxygen atoms in total. The van der Waals surface area contributed by atoms with Crippen LogP contribution in [0.15, 0.2) is 72.1 Å². The maximum atomic E-state index is 12.4.